The number of hydrogen-bond donors (Lipinski definition) is 0. The van der Waals surface area contributed by atoms with Gasteiger partial charge in [0.25, 0.3) is 0 Å². The van der Waals surface area contributed by atoms with Crippen molar-refractivity contribution in [3.05, 3.63) is 18.7 Å². The third-order valence-electron chi connectivity index (χ3n) is 3.25. The van der Waals surface area contributed by atoms with Crippen LogP contribution in [0, 0.1) is 0 Å². The third-order valence-corrected chi connectivity index (χ3v) is 7.93. The van der Waals surface area contributed by atoms with E-state index in [0.29, 0.717) is 0 Å². The molecule has 1 rings (SSSR count). The summed E-state index contributed by atoms with van der Waals surface area (Å²) in [5, 5.41) is 0. The summed E-state index contributed by atoms with van der Waals surface area (Å²) in [5.41, 5.74) is 0. The summed E-state index contributed by atoms with van der Waals surface area (Å²) in [7, 11) is -1.38. The quantitative estimate of drug-likeness (QED) is 0.668. The summed E-state index contributed by atoms with van der Waals surface area (Å²) in [6.07, 6.45) is 5.64. The Balaban J connectivity index is 2.34. The van der Waals surface area contributed by atoms with E-state index in [1.54, 1.807) is 0 Å². The van der Waals surface area contributed by atoms with E-state index < -0.39 is 8.32 Å². The highest BCUT2D eigenvalue weighted by Gasteiger charge is 2.28. The molecule has 86 valence electrons. The fraction of sp³-hybridized carbons (Fsp3) is 0.727. The largest absolute Gasteiger partial charge is 0.415 e. The predicted molar refractivity (Wildman–Crippen MR) is 65.4 cm³/mol. The van der Waals surface area contributed by atoms with Crippen molar-refractivity contribution in [1.29, 1.82) is 0 Å². The molecular formula is C11H22N2OSi. The minimum atomic E-state index is -1.38. The van der Waals surface area contributed by atoms with Crippen molar-refractivity contribution < 1.29 is 4.43 Å². The summed E-state index contributed by atoms with van der Waals surface area (Å²) >= 11 is 0. The maximum Gasteiger partial charge on any atom is 0.192 e. The molecule has 0 atom stereocenters. The van der Waals surface area contributed by atoms with Crippen LogP contribution < -0.4 is 0 Å². The molecule has 0 unspecified atom stereocenters. The second kappa shape index (κ2) is 6.08. The van der Waals surface area contributed by atoms with Crippen LogP contribution in [0.2, 0.25) is 18.1 Å². The van der Waals surface area contributed by atoms with Crippen LogP contribution in [-0.2, 0) is 11.0 Å². The first-order valence-corrected chi connectivity index (χ1v) is 8.39. The van der Waals surface area contributed by atoms with Gasteiger partial charge in [0.2, 0.25) is 0 Å². The normalized spacial score (nSPS) is 11.9. The molecule has 0 aromatic carbocycles. The van der Waals surface area contributed by atoms with E-state index in [1.807, 2.05) is 18.7 Å². The zero-order valence-corrected chi connectivity index (χ0v) is 11.1. The van der Waals surface area contributed by atoms with E-state index in [9.17, 15) is 0 Å². The highest BCUT2D eigenvalue weighted by molar-refractivity contribution is 6.73. The third kappa shape index (κ3) is 3.46. The van der Waals surface area contributed by atoms with Crippen LogP contribution in [0.1, 0.15) is 20.8 Å². The van der Waals surface area contributed by atoms with Crippen molar-refractivity contribution in [2.45, 2.75) is 45.4 Å². The summed E-state index contributed by atoms with van der Waals surface area (Å²) in [6, 6.07) is 3.68. The minimum Gasteiger partial charge on any atom is -0.415 e. The van der Waals surface area contributed by atoms with Gasteiger partial charge in [-0.15, -0.1) is 0 Å². The van der Waals surface area contributed by atoms with Crippen molar-refractivity contribution in [2.75, 3.05) is 6.61 Å². The van der Waals surface area contributed by atoms with Crippen LogP contribution in [0.5, 0.6) is 0 Å². The summed E-state index contributed by atoms with van der Waals surface area (Å²) in [4.78, 5) is 4.02. The molecule has 0 aliphatic heterocycles. The molecule has 0 radical (unpaired) electrons. The van der Waals surface area contributed by atoms with Crippen molar-refractivity contribution in [3.8, 4) is 0 Å². The predicted octanol–water partition coefficient (Wildman–Crippen LogP) is 2.90. The van der Waals surface area contributed by atoms with E-state index in [0.717, 1.165) is 13.2 Å². The Kier molecular flexibility index (Phi) is 5.05. The molecule has 1 heterocycles. The fourth-order valence-electron chi connectivity index (χ4n) is 1.84. The lowest BCUT2D eigenvalue weighted by molar-refractivity contribution is 0.281. The summed E-state index contributed by atoms with van der Waals surface area (Å²) in [6.45, 7) is 8.54. The van der Waals surface area contributed by atoms with E-state index in [4.69, 9.17) is 4.43 Å². The summed E-state index contributed by atoms with van der Waals surface area (Å²) < 4.78 is 8.21. The van der Waals surface area contributed by atoms with Crippen LogP contribution in [0.25, 0.3) is 0 Å². The number of hydrogen-bond acceptors (Lipinski definition) is 2. The monoisotopic (exact) mass is 226 g/mol. The topological polar surface area (TPSA) is 27.1 Å². The lowest BCUT2D eigenvalue weighted by atomic mass is 10.7. The first-order valence-electron chi connectivity index (χ1n) is 5.86. The van der Waals surface area contributed by atoms with Gasteiger partial charge in [0.1, 0.15) is 0 Å². The molecule has 3 nitrogen and oxygen atoms in total. The van der Waals surface area contributed by atoms with Crippen LogP contribution in [0.15, 0.2) is 18.7 Å². The van der Waals surface area contributed by atoms with Crippen molar-refractivity contribution in [1.82, 2.24) is 9.55 Å². The minimum absolute atomic E-state index is 0.831. The van der Waals surface area contributed by atoms with Gasteiger partial charge in [0.15, 0.2) is 8.32 Å². The van der Waals surface area contributed by atoms with Gasteiger partial charge < -0.3 is 8.99 Å². The molecule has 0 bridgehead atoms. The smallest absolute Gasteiger partial charge is 0.192 e. The Hall–Kier alpha value is -0.613. The Morgan fingerprint density at radius 3 is 2.33 bits per heavy atom. The van der Waals surface area contributed by atoms with E-state index in [2.05, 4.69) is 30.3 Å². The van der Waals surface area contributed by atoms with Crippen LogP contribution in [0.3, 0.4) is 0 Å². The summed E-state index contributed by atoms with van der Waals surface area (Å²) in [5.74, 6) is 0. The van der Waals surface area contributed by atoms with E-state index in [1.165, 1.54) is 18.1 Å². The standard InChI is InChI=1S/C11H22N2OSi/c1-4-15(5-2,6-3)14-10-9-13-8-7-12-11-13/h7-8,11H,4-6,9-10H2,1-3H3. The molecule has 0 spiro atoms. The average molecular weight is 226 g/mol. The Bertz CT molecular complexity index is 249. The molecule has 0 fully saturated rings. The van der Waals surface area contributed by atoms with Crippen molar-refractivity contribution in [3.63, 3.8) is 0 Å². The number of rotatable bonds is 7. The second-order valence-electron chi connectivity index (χ2n) is 3.89. The van der Waals surface area contributed by atoms with Gasteiger partial charge in [-0.25, -0.2) is 4.98 Å². The van der Waals surface area contributed by atoms with Crippen molar-refractivity contribution >= 4 is 8.32 Å². The fourth-order valence-corrected chi connectivity index (χ4v) is 4.48. The Morgan fingerprint density at radius 1 is 1.20 bits per heavy atom. The van der Waals surface area contributed by atoms with Crippen LogP contribution in [-0.4, -0.2) is 24.5 Å². The van der Waals surface area contributed by atoms with Gasteiger partial charge in [-0.2, -0.15) is 0 Å². The molecule has 0 saturated heterocycles. The van der Waals surface area contributed by atoms with Gasteiger partial charge in [-0.1, -0.05) is 20.8 Å². The molecule has 1 aromatic heterocycles. The van der Waals surface area contributed by atoms with E-state index >= 15 is 0 Å². The lowest BCUT2D eigenvalue weighted by Crippen LogP contribution is -2.36. The SMILES string of the molecule is CC[Si](CC)(CC)OCCn1ccnc1. The second-order valence-corrected chi connectivity index (χ2v) is 8.67. The molecule has 1 aromatic rings. The Labute approximate surface area is 93.6 Å². The van der Waals surface area contributed by atoms with E-state index in [-0.39, 0.29) is 0 Å². The van der Waals surface area contributed by atoms with Crippen molar-refractivity contribution in [2.24, 2.45) is 0 Å². The molecule has 0 aliphatic carbocycles. The molecule has 0 amide bonds. The molecule has 0 N–H and O–H groups in total. The molecular weight excluding hydrogens is 204 g/mol. The molecule has 15 heavy (non-hydrogen) atoms. The molecule has 0 saturated carbocycles. The zero-order valence-electron chi connectivity index (χ0n) is 10.1. The van der Waals surface area contributed by atoms with Crippen LogP contribution >= 0.6 is 0 Å². The van der Waals surface area contributed by atoms with Crippen LogP contribution in [0.4, 0.5) is 0 Å². The highest BCUT2D eigenvalue weighted by Crippen LogP contribution is 2.21. The van der Waals surface area contributed by atoms with Gasteiger partial charge in [-0.3, -0.25) is 0 Å². The van der Waals surface area contributed by atoms with Gasteiger partial charge in [-0.05, 0) is 18.1 Å². The number of aromatic nitrogens is 2. The number of imidazole rings is 1. The lowest BCUT2D eigenvalue weighted by Gasteiger charge is -2.27. The maximum absolute atomic E-state index is 6.14. The van der Waals surface area contributed by atoms with Gasteiger partial charge in [0, 0.05) is 18.9 Å². The molecule has 0 aliphatic rings. The maximum atomic E-state index is 6.14. The van der Waals surface area contributed by atoms with Gasteiger partial charge >= 0.3 is 0 Å². The first-order chi connectivity index (χ1) is 7.26. The average Bonchev–Trinajstić information content (AvgIpc) is 2.78. The zero-order chi connectivity index (χ0) is 11.1. The molecule has 4 heteroatoms. The van der Waals surface area contributed by atoms with Gasteiger partial charge in [0.05, 0.1) is 12.9 Å². The first kappa shape index (κ1) is 12.5. The number of nitrogens with zero attached hydrogens (tertiary/aromatic N) is 2. The Morgan fingerprint density at radius 2 is 1.87 bits per heavy atom. The highest BCUT2D eigenvalue weighted by atomic mass is 28.4.